The molecule has 7 atom stereocenters. The van der Waals surface area contributed by atoms with Gasteiger partial charge in [0.15, 0.2) is 17.2 Å². The lowest BCUT2D eigenvalue weighted by molar-refractivity contribution is -0.229. The maximum absolute atomic E-state index is 13.4. The van der Waals surface area contributed by atoms with E-state index in [-0.39, 0.29) is 23.4 Å². The smallest absolute Gasteiger partial charge is 0.192 e. The fourth-order valence-electron chi connectivity index (χ4n) is 8.62. The zero-order chi connectivity index (χ0) is 26.5. The lowest BCUT2D eigenvalue weighted by atomic mass is 9.39. The predicted octanol–water partition coefficient (Wildman–Crippen LogP) is 4.11. The molecule has 5 rings (SSSR count). The Morgan fingerprint density at radius 2 is 1.89 bits per heavy atom. The summed E-state index contributed by atoms with van der Waals surface area (Å²) in [5.74, 6) is 0.0303. The Morgan fingerprint density at radius 3 is 2.62 bits per heavy atom. The number of ketones is 2. The van der Waals surface area contributed by atoms with Crippen molar-refractivity contribution in [3.05, 3.63) is 59.7 Å². The first-order valence-electron chi connectivity index (χ1n) is 13.8. The molecule has 0 aliphatic heterocycles. The van der Waals surface area contributed by atoms with Gasteiger partial charge in [-0.1, -0.05) is 62.8 Å². The van der Waals surface area contributed by atoms with E-state index in [1.807, 2.05) is 24.3 Å². The van der Waals surface area contributed by atoms with Crippen molar-refractivity contribution in [2.24, 2.45) is 28.1 Å². The zero-order valence-corrected chi connectivity index (χ0v) is 22.3. The van der Waals surface area contributed by atoms with Crippen LogP contribution in [-0.4, -0.2) is 46.6 Å². The van der Waals surface area contributed by atoms with Crippen LogP contribution in [-0.2, 0) is 20.8 Å². The molecule has 0 aromatic heterocycles. The van der Waals surface area contributed by atoms with Gasteiger partial charge in [0.1, 0.15) is 6.61 Å². The first kappa shape index (κ1) is 26.5. The van der Waals surface area contributed by atoms with Crippen LogP contribution in [0.25, 0.3) is 0 Å². The summed E-state index contributed by atoms with van der Waals surface area (Å²) in [6.07, 6.45) is 9.91. The molecule has 0 unspecified atom stereocenters. The highest BCUT2D eigenvalue weighted by atomic mass is 16.7. The average molecular weight is 508 g/mol. The van der Waals surface area contributed by atoms with E-state index in [2.05, 4.69) is 38.4 Å². The molecule has 4 aliphatic carbocycles. The van der Waals surface area contributed by atoms with E-state index in [9.17, 15) is 19.8 Å². The van der Waals surface area contributed by atoms with Crippen LogP contribution < -0.4 is 5.48 Å². The second-order valence-electron chi connectivity index (χ2n) is 12.3. The Balaban J connectivity index is 1.39. The van der Waals surface area contributed by atoms with Crippen LogP contribution in [0.4, 0.5) is 0 Å². The van der Waals surface area contributed by atoms with E-state index in [1.165, 1.54) is 5.56 Å². The van der Waals surface area contributed by atoms with Crippen molar-refractivity contribution in [2.45, 2.75) is 77.4 Å². The molecule has 37 heavy (non-hydrogen) atoms. The maximum Gasteiger partial charge on any atom is 0.192 e. The van der Waals surface area contributed by atoms with Gasteiger partial charge in [0.05, 0.1) is 6.10 Å². The number of aryl methyl sites for hydroxylation is 1. The van der Waals surface area contributed by atoms with Crippen LogP contribution >= 0.6 is 0 Å². The van der Waals surface area contributed by atoms with Gasteiger partial charge >= 0.3 is 0 Å². The Labute approximate surface area is 220 Å². The fourth-order valence-corrected chi connectivity index (χ4v) is 8.62. The predicted molar refractivity (Wildman–Crippen MR) is 141 cm³/mol. The molecule has 6 nitrogen and oxygen atoms in total. The standard InChI is InChI=1S/C31H41NO5/c1-28-15-13-23(34)18-22(28)11-12-25-24-14-16-31(27(36)20-33,29(24,2)19-26(35)30(25,28)3)37-32-17-7-10-21-8-5-4-6-9-21/h4-6,8-9,13,15,18,24-26,32-33,35H,7,10-12,14,16-17,19-20H2,1-3H3/t24-,25-,26-,28-,29-,30+,31-/m0/s1. The van der Waals surface area contributed by atoms with Gasteiger partial charge in [-0.2, -0.15) is 0 Å². The summed E-state index contributed by atoms with van der Waals surface area (Å²) in [6.45, 7) is 6.42. The van der Waals surface area contributed by atoms with Gasteiger partial charge in [-0.25, -0.2) is 5.48 Å². The lowest BCUT2D eigenvalue weighted by Crippen LogP contribution is -2.67. The zero-order valence-electron chi connectivity index (χ0n) is 22.3. The number of rotatable bonds is 8. The Bertz CT molecular complexity index is 1110. The van der Waals surface area contributed by atoms with Crippen molar-refractivity contribution < 1.29 is 24.6 Å². The average Bonchev–Trinajstić information content (AvgIpc) is 3.17. The molecule has 3 fully saturated rings. The number of allylic oxidation sites excluding steroid dienone is 4. The van der Waals surface area contributed by atoms with E-state index in [0.29, 0.717) is 19.4 Å². The summed E-state index contributed by atoms with van der Waals surface area (Å²) < 4.78 is 0. The molecule has 0 bridgehead atoms. The van der Waals surface area contributed by atoms with Crippen molar-refractivity contribution in [1.82, 2.24) is 5.48 Å². The van der Waals surface area contributed by atoms with Gasteiger partial charge in [0.2, 0.25) is 0 Å². The first-order chi connectivity index (χ1) is 17.6. The number of hydrogen-bond acceptors (Lipinski definition) is 6. The van der Waals surface area contributed by atoms with Gasteiger partial charge in [-0.15, -0.1) is 0 Å². The molecule has 1 aromatic carbocycles. The van der Waals surface area contributed by atoms with E-state index in [0.717, 1.165) is 37.7 Å². The third kappa shape index (κ3) is 3.82. The minimum Gasteiger partial charge on any atom is -0.392 e. The molecule has 0 spiro atoms. The molecule has 0 heterocycles. The summed E-state index contributed by atoms with van der Waals surface area (Å²) in [7, 11) is 0. The first-order valence-corrected chi connectivity index (χ1v) is 13.8. The lowest BCUT2D eigenvalue weighted by Gasteiger charge is -2.65. The topological polar surface area (TPSA) is 95.9 Å². The minimum atomic E-state index is -1.18. The molecule has 3 N–H and O–H groups in total. The number of Topliss-reactive ketones (excluding diaryl/α,β-unsaturated/α-hetero) is 1. The van der Waals surface area contributed by atoms with Crippen LogP contribution in [0.3, 0.4) is 0 Å². The molecule has 200 valence electrons. The highest BCUT2D eigenvalue weighted by molar-refractivity contribution is 6.01. The normalized spacial score (nSPS) is 40.5. The van der Waals surface area contributed by atoms with Crippen LogP contribution in [0.15, 0.2) is 54.1 Å². The summed E-state index contributed by atoms with van der Waals surface area (Å²) in [6, 6.07) is 10.3. The third-order valence-corrected chi connectivity index (χ3v) is 10.9. The van der Waals surface area contributed by atoms with Gasteiger partial charge in [0.25, 0.3) is 0 Å². The molecule has 1 aromatic rings. The van der Waals surface area contributed by atoms with Crippen molar-refractivity contribution >= 4 is 11.6 Å². The number of hydroxylamine groups is 1. The van der Waals surface area contributed by atoms with Crippen LogP contribution in [0.1, 0.15) is 64.9 Å². The summed E-state index contributed by atoms with van der Waals surface area (Å²) in [5, 5.41) is 21.9. The number of fused-ring (bicyclic) bond motifs is 5. The molecular weight excluding hydrogens is 466 g/mol. The summed E-state index contributed by atoms with van der Waals surface area (Å²) in [4.78, 5) is 31.9. The summed E-state index contributed by atoms with van der Waals surface area (Å²) >= 11 is 0. The Hall–Kier alpha value is -2.12. The third-order valence-electron chi connectivity index (χ3n) is 10.9. The SMILES string of the molecule is C[C@]12[C@@H](O)C[C@@]3(C)[C@@H](CC[C@]3(ONCCCc3ccccc3)C(=O)CO)[C@@H]1CCC1=CC(=O)C=C[C@@]12C. The van der Waals surface area contributed by atoms with Gasteiger partial charge < -0.3 is 10.2 Å². The number of benzene rings is 1. The van der Waals surface area contributed by atoms with Crippen molar-refractivity contribution in [3.63, 3.8) is 0 Å². The second kappa shape index (κ2) is 9.57. The Kier molecular flexibility index (Phi) is 6.85. The van der Waals surface area contributed by atoms with E-state index in [4.69, 9.17) is 4.84 Å². The van der Waals surface area contributed by atoms with Crippen molar-refractivity contribution in [2.75, 3.05) is 13.2 Å². The highest BCUT2D eigenvalue weighted by Gasteiger charge is 2.72. The highest BCUT2D eigenvalue weighted by Crippen LogP contribution is 2.72. The van der Waals surface area contributed by atoms with Crippen LogP contribution in [0.5, 0.6) is 0 Å². The minimum absolute atomic E-state index is 0.0184. The van der Waals surface area contributed by atoms with Gasteiger partial charge in [-0.3, -0.25) is 14.4 Å². The number of carbonyl (C=O) groups is 2. The van der Waals surface area contributed by atoms with Crippen molar-refractivity contribution in [1.29, 1.82) is 0 Å². The Morgan fingerprint density at radius 1 is 1.14 bits per heavy atom. The van der Waals surface area contributed by atoms with E-state index < -0.39 is 34.6 Å². The van der Waals surface area contributed by atoms with Gasteiger partial charge in [-0.05, 0) is 74.5 Å². The fraction of sp³-hybridized carbons (Fsp3) is 0.613. The van der Waals surface area contributed by atoms with E-state index in [1.54, 1.807) is 12.2 Å². The molecule has 0 saturated heterocycles. The maximum atomic E-state index is 13.4. The quantitative estimate of drug-likeness (QED) is 0.362. The number of carbonyl (C=O) groups excluding carboxylic acids is 2. The second-order valence-corrected chi connectivity index (χ2v) is 12.3. The van der Waals surface area contributed by atoms with E-state index >= 15 is 0 Å². The monoisotopic (exact) mass is 507 g/mol. The number of nitrogens with one attached hydrogen (secondary N) is 1. The molecule has 3 saturated carbocycles. The molecular formula is C31H41NO5. The largest absolute Gasteiger partial charge is 0.392 e. The van der Waals surface area contributed by atoms with Crippen LogP contribution in [0.2, 0.25) is 0 Å². The molecule has 4 aliphatic rings. The summed E-state index contributed by atoms with van der Waals surface area (Å²) in [5.41, 5.74) is 2.79. The van der Waals surface area contributed by atoms with Crippen molar-refractivity contribution in [3.8, 4) is 0 Å². The van der Waals surface area contributed by atoms with Crippen LogP contribution in [0, 0.1) is 28.1 Å². The number of hydrogen-bond donors (Lipinski definition) is 3. The number of aliphatic hydroxyl groups is 2. The molecule has 0 radical (unpaired) electrons. The molecule has 0 amide bonds. The molecule has 6 heteroatoms. The number of aliphatic hydroxyl groups excluding tert-OH is 2. The van der Waals surface area contributed by atoms with Gasteiger partial charge in [0, 0.05) is 22.8 Å².